The third kappa shape index (κ3) is 3.83. The first-order valence-electron chi connectivity index (χ1n) is 6.91. The predicted molar refractivity (Wildman–Crippen MR) is 82.0 cm³/mol. The summed E-state index contributed by atoms with van der Waals surface area (Å²) in [6.45, 7) is 8.90. The third-order valence-corrected chi connectivity index (χ3v) is 5.62. The Morgan fingerprint density at radius 3 is 2.05 bits per heavy atom. The number of nitrogens with one attached hydrogen (secondary N) is 1. The van der Waals surface area contributed by atoms with E-state index < -0.39 is 21.9 Å². The average Bonchev–Trinajstić information content (AvgIpc) is 2.36. The van der Waals surface area contributed by atoms with Crippen molar-refractivity contribution < 1.29 is 18.3 Å². The number of aliphatic carboxylic acids is 1. The molecule has 0 aliphatic heterocycles. The maximum atomic E-state index is 12.5. The van der Waals surface area contributed by atoms with Gasteiger partial charge in [0.1, 0.15) is 0 Å². The van der Waals surface area contributed by atoms with Crippen molar-refractivity contribution in [3.63, 3.8) is 0 Å². The van der Waals surface area contributed by atoms with Crippen LogP contribution in [0.3, 0.4) is 0 Å². The van der Waals surface area contributed by atoms with Crippen molar-refractivity contribution in [1.29, 1.82) is 0 Å². The molecule has 0 bridgehead atoms. The number of carboxylic acids is 1. The van der Waals surface area contributed by atoms with Gasteiger partial charge in [-0.15, -0.1) is 0 Å². The van der Waals surface area contributed by atoms with E-state index in [0.29, 0.717) is 17.5 Å². The average molecular weight is 313 g/mol. The monoisotopic (exact) mass is 313 g/mol. The molecule has 1 rings (SSSR count). The Labute approximate surface area is 126 Å². The minimum Gasteiger partial charge on any atom is -0.481 e. The summed E-state index contributed by atoms with van der Waals surface area (Å²) >= 11 is 0. The Morgan fingerprint density at radius 1 is 1.19 bits per heavy atom. The Balaban J connectivity index is 3.18. The summed E-state index contributed by atoms with van der Waals surface area (Å²) in [6, 6.07) is 1.95. The van der Waals surface area contributed by atoms with Crippen molar-refractivity contribution in [3.8, 4) is 0 Å². The summed E-state index contributed by atoms with van der Waals surface area (Å²) in [5.74, 6) is -1.71. The molecule has 0 saturated heterocycles. The van der Waals surface area contributed by atoms with Crippen molar-refractivity contribution >= 4 is 16.0 Å². The molecule has 5 nitrogen and oxygen atoms in total. The van der Waals surface area contributed by atoms with E-state index >= 15 is 0 Å². The summed E-state index contributed by atoms with van der Waals surface area (Å²) in [4.78, 5) is 11.3. The minimum absolute atomic E-state index is 0.0972. The van der Waals surface area contributed by atoms with Gasteiger partial charge in [0.25, 0.3) is 0 Å². The van der Waals surface area contributed by atoms with Gasteiger partial charge in [-0.2, -0.15) is 0 Å². The van der Waals surface area contributed by atoms with Gasteiger partial charge >= 0.3 is 5.97 Å². The van der Waals surface area contributed by atoms with Gasteiger partial charge in [0.15, 0.2) is 0 Å². The summed E-state index contributed by atoms with van der Waals surface area (Å²) in [6.07, 6.45) is 0.378. The molecule has 0 fully saturated rings. The minimum atomic E-state index is -3.72. The number of hydrogen-bond acceptors (Lipinski definition) is 3. The lowest BCUT2D eigenvalue weighted by Crippen LogP contribution is -2.33. The van der Waals surface area contributed by atoms with E-state index in [0.717, 1.165) is 11.1 Å². The molecule has 0 aliphatic carbocycles. The van der Waals surface area contributed by atoms with Gasteiger partial charge < -0.3 is 5.11 Å². The molecule has 21 heavy (non-hydrogen) atoms. The van der Waals surface area contributed by atoms with Crippen LogP contribution < -0.4 is 4.72 Å². The zero-order valence-electron chi connectivity index (χ0n) is 13.1. The number of benzene rings is 1. The van der Waals surface area contributed by atoms with E-state index in [1.165, 1.54) is 0 Å². The molecule has 1 aromatic carbocycles. The summed E-state index contributed by atoms with van der Waals surface area (Å²) < 4.78 is 27.5. The van der Waals surface area contributed by atoms with E-state index in [1.807, 2.05) is 19.9 Å². The summed E-state index contributed by atoms with van der Waals surface area (Å²) in [7, 11) is -3.72. The SMILES string of the molecule is CCC(CNS(=O)(=O)c1c(C)c(C)cc(C)c1C)C(=O)O. The quantitative estimate of drug-likeness (QED) is 0.844. The molecule has 0 saturated carbocycles. The smallest absolute Gasteiger partial charge is 0.307 e. The first kappa shape index (κ1) is 17.7. The third-order valence-electron chi connectivity index (χ3n) is 3.93. The highest BCUT2D eigenvalue weighted by Crippen LogP contribution is 2.26. The molecule has 118 valence electrons. The lowest BCUT2D eigenvalue weighted by atomic mass is 10.0. The Hall–Kier alpha value is -1.40. The topological polar surface area (TPSA) is 83.5 Å². The Morgan fingerprint density at radius 2 is 1.67 bits per heavy atom. The number of sulfonamides is 1. The van der Waals surface area contributed by atoms with Gasteiger partial charge in [-0.1, -0.05) is 13.0 Å². The molecule has 0 spiro atoms. The van der Waals surface area contributed by atoms with Crippen LogP contribution in [0.4, 0.5) is 0 Å². The van der Waals surface area contributed by atoms with E-state index in [9.17, 15) is 13.2 Å². The Kier molecular flexibility index (Phi) is 5.53. The van der Waals surface area contributed by atoms with Gasteiger partial charge in [0.05, 0.1) is 10.8 Å². The van der Waals surface area contributed by atoms with Crippen molar-refractivity contribution in [2.24, 2.45) is 5.92 Å². The molecule has 0 aromatic heterocycles. The molecule has 1 aromatic rings. The van der Waals surface area contributed by atoms with Crippen LogP contribution >= 0.6 is 0 Å². The Bertz CT molecular complexity index is 624. The number of carboxylic acid groups (broad SMARTS) is 1. The number of carbonyl (C=O) groups is 1. The van der Waals surface area contributed by atoms with Gasteiger partial charge in [0.2, 0.25) is 10.0 Å². The van der Waals surface area contributed by atoms with E-state index in [4.69, 9.17) is 5.11 Å². The number of aryl methyl sites for hydroxylation is 2. The van der Waals surface area contributed by atoms with Gasteiger partial charge in [-0.25, -0.2) is 13.1 Å². The van der Waals surface area contributed by atoms with Crippen LogP contribution in [0.5, 0.6) is 0 Å². The van der Waals surface area contributed by atoms with Crippen LogP contribution in [0.1, 0.15) is 35.6 Å². The molecule has 0 heterocycles. The first-order chi connectivity index (χ1) is 9.61. The lowest BCUT2D eigenvalue weighted by molar-refractivity contribution is -0.141. The van der Waals surface area contributed by atoms with E-state index in [-0.39, 0.29) is 11.4 Å². The molecule has 0 aliphatic rings. The van der Waals surface area contributed by atoms with Crippen LogP contribution in [0.2, 0.25) is 0 Å². The number of rotatable bonds is 6. The van der Waals surface area contributed by atoms with Gasteiger partial charge in [0, 0.05) is 6.54 Å². The second-order valence-electron chi connectivity index (χ2n) is 5.38. The second kappa shape index (κ2) is 6.58. The second-order valence-corrected chi connectivity index (χ2v) is 7.09. The van der Waals surface area contributed by atoms with Gasteiger partial charge in [-0.05, 0) is 56.4 Å². The standard InChI is InChI=1S/C15H23NO4S/c1-6-13(15(17)18)8-16-21(19,20)14-11(4)9(2)7-10(3)12(14)5/h7,13,16H,6,8H2,1-5H3,(H,17,18). The van der Waals surface area contributed by atoms with E-state index in [1.54, 1.807) is 20.8 Å². The van der Waals surface area contributed by atoms with Crippen molar-refractivity contribution in [2.75, 3.05) is 6.54 Å². The van der Waals surface area contributed by atoms with Crippen molar-refractivity contribution in [2.45, 2.75) is 45.9 Å². The largest absolute Gasteiger partial charge is 0.481 e. The van der Waals surface area contributed by atoms with Gasteiger partial charge in [-0.3, -0.25) is 4.79 Å². The number of hydrogen-bond donors (Lipinski definition) is 2. The highest BCUT2D eigenvalue weighted by molar-refractivity contribution is 7.89. The fourth-order valence-electron chi connectivity index (χ4n) is 2.27. The highest BCUT2D eigenvalue weighted by Gasteiger charge is 2.24. The van der Waals surface area contributed by atoms with Crippen LogP contribution in [0.15, 0.2) is 11.0 Å². The van der Waals surface area contributed by atoms with Crippen LogP contribution in [-0.2, 0) is 14.8 Å². The van der Waals surface area contributed by atoms with Crippen LogP contribution in [0, 0.1) is 33.6 Å². The first-order valence-corrected chi connectivity index (χ1v) is 8.40. The molecular formula is C15H23NO4S. The van der Waals surface area contributed by atoms with E-state index in [2.05, 4.69) is 4.72 Å². The normalized spacial score (nSPS) is 13.2. The fourth-order valence-corrected chi connectivity index (χ4v) is 3.97. The molecular weight excluding hydrogens is 290 g/mol. The van der Waals surface area contributed by atoms with Crippen molar-refractivity contribution in [1.82, 2.24) is 4.72 Å². The summed E-state index contributed by atoms with van der Waals surface area (Å²) in [5, 5.41) is 9.00. The molecule has 6 heteroatoms. The molecule has 1 atom stereocenters. The molecule has 1 unspecified atom stereocenters. The lowest BCUT2D eigenvalue weighted by Gasteiger charge is -2.17. The zero-order valence-corrected chi connectivity index (χ0v) is 14.0. The zero-order chi connectivity index (χ0) is 16.4. The predicted octanol–water partition coefficient (Wildman–Crippen LogP) is 2.31. The molecule has 0 radical (unpaired) electrons. The molecule has 2 N–H and O–H groups in total. The van der Waals surface area contributed by atoms with Crippen molar-refractivity contribution in [3.05, 3.63) is 28.3 Å². The highest BCUT2D eigenvalue weighted by atomic mass is 32.2. The fraction of sp³-hybridized carbons (Fsp3) is 0.533. The van der Waals surface area contributed by atoms with Crippen LogP contribution in [0.25, 0.3) is 0 Å². The maximum absolute atomic E-state index is 12.5. The maximum Gasteiger partial charge on any atom is 0.307 e. The van der Waals surface area contributed by atoms with Crippen LogP contribution in [-0.4, -0.2) is 26.0 Å². The molecule has 0 amide bonds. The summed E-state index contributed by atoms with van der Waals surface area (Å²) in [5.41, 5.74) is 3.22.